The van der Waals surface area contributed by atoms with Crippen molar-refractivity contribution in [3.63, 3.8) is 0 Å². The summed E-state index contributed by atoms with van der Waals surface area (Å²) in [7, 11) is 0. The van der Waals surface area contributed by atoms with Crippen molar-refractivity contribution in [3.8, 4) is 0 Å². The average Bonchev–Trinajstić information content (AvgIpc) is 3.56. The summed E-state index contributed by atoms with van der Waals surface area (Å²) in [6.07, 6.45) is 4.76. The minimum Gasteiger partial charge on any atom is -0.459 e. The number of hydrogen-bond donors (Lipinski definition) is 0. The zero-order chi connectivity index (χ0) is 23.6. The monoisotopic (exact) mass is 452 g/mol. The number of carbonyl (C=O) groups excluding carboxylic acids is 2. The molecule has 0 saturated carbocycles. The molecule has 0 aliphatic carbocycles. The van der Waals surface area contributed by atoms with E-state index in [4.69, 9.17) is 8.83 Å². The molecule has 6 rings (SSSR count). The number of para-hydroxylation sites is 2. The summed E-state index contributed by atoms with van der Waals surface area (Å²) in [5, 5.41) is 0.350. The summed E-state index contributed by atoms with van der Waals surface area (Å²) in [4.78, 5) is 44.5. The molecule has 7 heteroatoms. The highest BCUT2D eigenvalue weighted by atomic mass is 16.4. The molecule has 2 amide bonds. The number of nitrogens with zero attached hydrogens (tertiary/aromatic N) is 2. The second-order valence-corrected chi connectivity index (χ2v) is 8.55. The second kappa shape index (κ2) is 7.05. The number of furan rings is 1. The number of carbonyl (C=O) groups is 2. The van der Waals surface area contributed by atoms with Gasteiger partial charge < -0.3 is 13.7 Å². The highest BCUT2D eigenvalue weighted by Gasteiger charge is 2.60. The second-order valence-electron chi connectivity index (χ2n) is 8.55. The predicted molar refractivity (Wildman–Crippen MR) is 126 cm³/mol. The van der Waals surface area contributed by atoms with E-state index in [2.05, 4.69) is 0 Å². The first-order valence-corrected chi connectivity index (χ1v) is 11.0. The van der Waals surface area contributed by atoms with Crippen LogP contribution in [0.2, 0.25) is 0 Å². The predicted octanol–water partition coefficient (Wildman–Crippen LogP) is 4.59. The van der Waals surface area contributed by atoms with Gasteiger partial charge in [-0.05, 0) is 55.3 Å². The highest BCUT2D eigenvalue weighted by molar-refractivity contribution is 6.16. The Morgan fingerprint density at radius 2 is 1.74 bits per heavy atom. The molecule has 4 aromatic rings. The van der Waals surface area contributed by atoms with Gasteiger partial charge in [0.1, 0.15) is 11.1 Å². The molecule has 0 N–H and O–H groups in total. The fraction of sp³-hybridized carbons (Fsp3) is 0.148. The van der Waals surface area contributed by atoms with Gasteiger partial charge in [-0.15, -0.1) is 0 Å². The van der Waals surface area contributed by atoms with Crippen LogP contribution in [0.4, 0.5) is 11.6 Å². The van der Waals surface area contributed by atoms with Crippen LogP contribution in [0.25, 0.3) is 11.0 Å². The lowest BCUT2D eigenvalue weighted by molar-refractivity contribution is -0.124. The van der Waals surface area contributed by atoms with E-state index in [1.807, 2.05) is 32.0 Å². The molecular formula is C27H20N2O5. The maximum Gasteiger partial charge on any atom is 0.291 e. The molecule has 1 atom stereocenters. The Labute approximate surface area is 194 Å². The van der Waals surface area contributed by atoms with Gasteiger partial charge >= 0.3 is 0 Å². The molecule has 0 fully saturated rings. The van der Waals surface area contributed by atoms with Crippen LogP contribution in [0.5, 0.6) is 0 Å². The van der Waals surface area contributed by atoms with Crippen molar-refractivity contribution >= 4 is 34.4 Å². The first-order chi connectivity index (χ1) is 16.4. The molecular weight excluding hydrogens is 432 g/mol. The molecule has 168 valence electrons. The molecule has 2 aromatic carbocycles. The minimum atomic E-state index is -1.64. The fourth-order valence-corrected chi connectivity index (χ4v) is 5.10. The van der Waals surface area contributed by atoms with E-state index in [1.165, 1.54) is 16.1 Å². The van der Waals surface area contributed by atoms with E-state index in [0.29, 0.717) is 16.7 Å². The zero-order valence-corrected chi connectivity index (χ0v) is 18.6. The molecule has 2 aliphatic heterocycles. The largest absolute Gasteiger partial charge is 0.459 e. The first-order valence-electron chi connectivity index (χ1n) is 11.0. The third kappa shape index (κ3) is 2.49. The summed E-state index contributed by atoms with van der Waals surface area (Å²) < 4.78 is 11.6. The van der Waals surface area contributed by atoms with Gasteiger partial charge in [-0.1, -0.05) is 36.4 Å². The molecule has 1 spiro atoms. The van der Waals surface area contributed by atoms with Crippen molar-refractivity contribution in [1.82, 2.24) is 4.90 Å². The van der Waals surface area contributed by atoms with Crippen LogP contribution >= 0.6 is 0 Å². The lowest BCUT2D eigenvalue weighted by Crippen LogP contribution is -2.52. The average molecular weight is 452 g/mol. The van der Waals surface area contributed by atoms with Gasteiger partial charge in [0, 0.05) is 6.54 Å². The van der Waals surface area contributed by atoms with Gasteiger partial charge in [0.2, 0.25) is 11.3 Å². The van der Waals surface area contributed by atoms with Crippen LogP contribution in [-0.2, 0) is 10.3 Å². The van der Waals surface area contributed by atoms with Crippen LogP contribution < -0.4 is 10.3 Å². The van der Waals surface area contributed by atoms with Gasteiger partial charge in [0.25, 0.3) is 11.8 Å². The maximum absolute atomic E-state index is 14.4. The number of aryl methyl sites for hydroxylation is 2. The summed E-state index contributed by atoms with van der Waals surface area (Å²) in [5.74, 6) is -0.696. The molecule has 7 nitrogen and oxygen atoms in total. The van der Waals surface area contributed by atoms with E-state index in [-0.39, 0.29) is 29.2 Å². The molecule has 34 heavy (non-hydrogen) atoms. The van der Waals surface area contributed by atoms with Crippen LogP contribution in [-0.4, -0.2) is 23.3 Å². The number of hydrogen-bond acceptors (Lipinski definition) is 5. The van der Waals surface area contributed by atoms with Crippen LogP contribution in [0.3, 0.4) is 0 Å². The van der Waals surface area contributed by atoms with E-state index < -0.39 is 17.4 Å². The van der Waals surface area contributed by atoms with Gasteiger partial charge in [0.15, 0.2) is 11.3 Å². The Morgan fingerprint density at radius 3 is 2.47 bits per heavy atom. The third-order valence-electron chi connectivity index (χ3n) is 6.61. The Bertz CT molecular complexity index is 1560. The van der Waals surface area contributed by atoms with E-state index in [0.717, 1.165) is 11.1 Å². The quantitative estimate of drug-likeness (QED) is 0.416. The standard InChI is InChI=1S/C27H20N2O5/c1-16-8-5-9-17(2)22(16)29-25-21(23(30)18-10-3-4-11-19(18)34-25)27(26(29)32)13-7-14-28(27)24(31)20-12-6-15-33-20/h3-13,15H,14H2,1-2H3. The van der Waals surface area contributed by atoms with Crippen LogP contribution in [0.15, 0.2) is 86.6 Å². The lowest BCUT2D eigenvalue weighted by Gasteiger charge is -2.32. The van der Waals surface area contributed by atoms with Crippen molar-refractivity contribution in [3.05, 3.63) is 106 Å². The van der Waals surface area contributed by atoms with Crippen LogP contribution in [0, 0.1) is 13.8 Å². The number of amides is 2. The number of fused-ring (bicyclic) bond motifs is 3. The smallest absolute Gasteiger partial charge is 0.291 e. The maximum atomic E-state index is 14.4. The van der Waals surface area contributed by atoms with Crippen molar-refractivity contribution < 1.29 is 18.4 Å². The van der Waals surface area contributed by atoms with Crippen molar-refractivity contribution in [2.24, 2.45) is 0 Å². The normalized spacial score (nSPS) is 18.9. The van der Waals surface area contributed by atoms with E-state index >= 15 is 0 Å². The Balaban J connectivity index is 1.69. The number of benzene rings is 2. The van der Waals surface area contributed by atoms with E-state index in [1.54, 1.807) is 48.6 Å². The Kier molecular flexibility index (Phi) is 4.20. The molecule has 0 bridgehead atoms. The molecule has 0 saturated heterocycles. The van der Waals surface area contributed by atoms with Gasteiger partial charge in [0.05, 0.1) is 17.3 Å². The highest BCUT2D eigenvalue weighted by Crippen LogP contribution is 2.51. The fourth-order valence-electron chi connectivity index (χ4n) is 5.10. The van der Waals surface area contributed by atoms with Gasteiger partial charge in [-0.25, -0.2) is 4.90 Å². The summed E-state index contributed by atoms with van der Waals surface area (Å²) in [5.41, 5.74) is 0.845. The SMILES string of the molecule is Cc1cccc(C)c1N1C(=O)C2(C=CCN2C(=O)c2ccco2)c2c1oc1ccccc1c2=O. The van der Waals surface area contributed by atoms with Crippen LogP contribution in [0.1, 0.15) is 27.2 Å². The Morgan fingerprint density at radius 1 is 0.971 bits per heavy atom. The van der Waals surface area contributed by atoms with Crippen molar-refractivity contribution in [1.29, 1.82) is 0 Å². The summed E-state index contributed by atoms with van der Waals surface area (Å²) >= 11 is 0. The summed E-state index contributed by atoms with van der Waals surface area (Å²) in [6, 6.07) is 15.7. The topological polar surface area (TPSA) is 84.0 Å². The van der Waals surface area contributed by atoms with E-state index in [9.17, 15) is 14.4 Å². The number of rotatable bonds is 2. The molecule has 1 unspecified atom stereocenters. The minimum absolute atomic E-state index is 0.0909. The molecule has 0 radical (unpaired) electrons. The zero-order valence-electron chi connectivity index (χ0n) is 18.6. The van der Waals surface area contributed by atoms with Gasteiger partial charge in [-0.2, -0.15) is 0 Å². The molecule has 4 heterocycles. The van der Waals surface area contributed by atoms with Gasteiger partial charge in [-0.3, -0.25) is 14.4 Å². The first kappa shape index (κ1) is 20.2. The third-order valence-corrected chi connectivity index (χ3v) is 6.61. The van der Waals surface area contributed by atoms with Crippen molar-refractivity contribution in [2.45, 2.75) is 19.4 Å². The lowest BCUT2D eigenvalue weighted by atomic mass is 9.90. The molecule has 2 aromatic heterocycles. The molecule has 2 aliphatic rings. The number of anilines is 2. The Hall–Kier alpha value is -4.39. The van der Waals surface area contributed by atoms with Crippen molar-refractivity contribution in [2.75, 3.05) is 11.4 Å². The summed E-state index contributed by atoms with van der Waals surface area (Å²) in [6.45, 7) is 3.95.